The zero-order chi connectivity index (χ0) is 14.7. The Labute approximate surface area is 121 Å². The summed E-state index contributed by atoms with van der Waals surface area (Å²) >= 11 is 4.69. The minimum absolute atomic E-state index is 0.0679. The summed E-state index contributed by atoms with van der Waals surface area (Å²) in [5, 5.41) is 0. The number of hydrogen-bond donors (Lipinski definition) is 1. The molecule has 0 aromatic heterocycles. The fourth-order valence-corrected chi connectivity index (χ4v) is 1.83. The van der Waals surface area contributed by atoms with Crippen LogP contribution in [0, 0.1) is 11.6 Å². The van der Waals surface area contributed by atoms with E-state index >= 15 is 0 Å². The first kappa shape index (κ1) is 14.4. The van der Waals surface area contributed by atoms with Crippen LogP contribution < -0.4 is 10.5 Å². The monoisotopic (exact) mass is 293 g/mol. The molecule has 5 heteroatoms. The van der Waals surface area contributed by atoms with Crippen molar-refractivity contribution >= 4 is 17.2 Å². The molecule has 0 aliphatic heterocycles. The smallest absolute Gasteiger partial charge is 0.198 e. The largest absolute Gasteiger partial charge is 0.451 e. The van der Waals surface area contributed by atoms with Gasteiger partial charge in [0.1, 0.15) is 10.7 Å². The summed E-state index contributed by atoms with van der Waals surface area (Å²) in [5.74, 6) is -1.78. The van der Waals surface area contributed by atoms with Gasteiger partial charge in [0.15, 0.2) is 17.4 Å². The van der Waals surface area contributed by atoms with Crippen LogP contribution in [0.15, 0.2) is 36.4 Å². The van der Waals surface area contributed by atoms with Crippen molar-refractivity contribution in [2.75, 3.05) is 0 Å². The third kappa shape index (κ3) is 3.11. The molecule has 2 aromatic carbocycles. The Bertz CT molecular complexity index is 618. The van der Waals surface area contributed by atoms with Gasteiger partial charge < -0.3 is 10.5 Å². The van der Waals surface area contributed by atoms with Crippen molar-refractivity contribution in [2.45, 2.75) is 13.3 Å². The van der Waals surface area contributed by atoms with E-state index in [0.717, 1.165) is 24.1 Å². The fourth-order valence-electron chi connectivity index (χ4n) is 1.71. The van der Waals surface area contributed by atoms with Crippen molar-refractivity contribution in [1.29, 1.82) is 0 Å². The number of nitrogens with two attached hydrogens (primary N) is 1. The van der Waals surface area contributed by atoms with Gasteiger partial charge in [0.25, 0.3) is 0 Å². The van der Waals surface area contributed by atoms with Crippen molar-refractivity contribution in [3.63, 3.8) is 0 Å². The van der Waals surface area contributed by atoms with Gasteiger partial charge in [-0.1, -0.05) is 31.3 Å². The molecule has 0 aliphatic rings. The predicted molar refractivity (Wildman–Crippen MR) is 78.1 cm³/mol. The van der Waals surface area contributed by atoms with Gasteiger partial charge >= 0.3 is 0 Å². The standard InChI is InChI=1S/C15H13F2NOS/c1-2-9-3-5-11(6-4-9)19-14-12(16)7-10(15(18)20)8-13(14)17/h3-8H,2H2,1H3,(H2,18,20). The number of halogens is 2. The Morgan fingerprint density at radius 3 is 2.15 bits per heavy atom. The summed E-state index contributed by atoms with van der Waals surface area (Å²) < 4.78 is 32.9. The molecule has 0 fully saturated rings. The van der Waals surface area contributed by atoms with Crippen molar-refractivity contribution in [3.8, 4) is 11.5 Å². The number of aryl methyl sites for hydroxylation is 1. The average Bonchev–Trinajstić information content (AvgIpc) is 2.43. The van der Waals surface area contributed by atoms with Crippen molar-refractivity contribution in [2.24, 2.45) is 5.73 Å². The lowest BCUT2D eigenvalue weighted by Crippen LogP contribution is -2.10. The quantitative estimate of drug-likeness (QED) is 0.867. The van der Waals surface area contributed by atoms with Gasteiger partial charge in [0, 0.05) is 5.56 Å². The molecule has 0 unspecified atom stereocenters. The molecule has 2 rings (SSSR count). The second kappa shape index (κ2) is 5.96. The van der Waals surface area contributed by atoms with Crippen LogP contribution in [0.5, 0.6) is 11.5 Å². The van der Waals surface area contributed by atoms with Gasteiger partial charge in [-0.05, 0) is 36.2 Å². The third-order valence-corrected chi connectivity index (χ3v) is 3.07. The van der Waals surface area contributed by atoms with E-state index in [2.05, 4.69) is 12.2 Å². The lowest BCUT2D eigenvalue weighted by Gasteiger charge is -2.10. The zero-order valence-electron chi connectivity index (χ0n) is 10.8. The third-order valence-electron chi connectivity index (χ3n) is 2.83. The Balaban J connectivity index is 2.30. The van der Waals surface area contributed by atoms with E-state index in [0.29, 0.717) is 5.75 Å². The molecule has 0 saturated heterocycles. The molecule has 0 spiro atoms. The molecule has 2 aromatic rings. The van der Waals surface area contributed by atoms with Gasteiger partial charge in [0.2, 0.25) is 0 Å². The summed E-state index contributed by atoms with van der Waals surface area (Å²) in [6.07, 6.45) is 0.881. The second-order valence-corrected chi connectivity index (χ2v) is 4.67. The first-order valence-electron chi connectivity index (χ1n) is 6.07. The molecule has 2 nitrogen and oxygen atoms in total. The highest BCUT2D eigenvalue weighted by atomic mass is 32.1. The first-order valence-corrected chi connectivity index (χ1v) is 6.47. The lowest BCUT2D eigenvalue weighted by atomic mass is 10.1. The molecule has 20 heavy (non-hydrogen) atoms. The van der Waals surface area contributed by atoms with Gasteiger partial charge in [-0.25, -0.2) is 8.78 Å². The van der Waals surface area contributed by atoms with E-state index in [4.69, 9.17) is 10.5 Å². The Hall–Kier alpha value is -2.01. The number of ether oxygens (including phenoxy) is 1. The first-order chi connectivity index (χ1) is 9.51. The average molecular weight is 293 g/mol. The molecule has 0 aliphatic carbocycles. The van der Waals surface area contributed by atoms with Crippen LogP contribution >= 0.6 is 12.2 Å². The SMILES string of the molecule is CCc1ccc(Oc2c(F)cc(C(N)=S)cc2F)cc1. The van der Waals surface area contributed by atoms with E-state index < -0.39 is 17.4 Å². The van der Waals surface area contributed by atoms with E-state index in [1.54, 1.807) is 12.1 Å². The molecule has 0 bridgehead atoms. The van der Waals surface area contributed by atoms with Crippen LogP contribution in [-0.4, -0.2) is 4.99 Å². The lowest BCUT2D eigenvalue weighted by molar-refractivity contribution is 0.407. The topological polar surface area (TPSA) is 35.2 Å². The van der Waals surface area contributed by atoms with E-state index in [1.807, 2.05) is 19.1 Å². The number of thiocarbonyl (C=S) groups is 1. The van der Waals surface area contributed by atoms with Crippen molar-refractivity contribution in [1.82, 2.24) is 0 Å². The normalized spacial score (nSPS) is 10.3. The second-order valence-electron chi connectivity index (χ2n) is 4.23. The Morgan fingerprint density at radius 1 is 1.15 bits per heavy atom. The van der Waals surface area contributed by atoms with E-state index in [-0.39, 0.29) is 10.6 Å². The van der Waals surface area contributed by atoms with Crippen LogP contribution in [0.1, 0.15) is 18.1 Å². The van der Waals surface area contributed by atoms with Crippen LogP contribution in [0.4, 0.5) is 8.78 Å². The molecule has 104 valence electrons. The summed E-state index contributed by atoms with van der Waals surface area (Å²) in [6.45, 7) is 2.02. The molecular formula is C15H13F2NOS. The number of rotatable bonds is 4. The van der Waals surface area contributed by atoms with Crippen LogP contribution in [-0.2, 0) is 6.42 Å². The molecule has 0 amide bonds. The molecule has 2 N–H and O–H groups in total. The number of hydrogen-bond acceptors (Lipinski definition) is 2. The molecule has 0 heterocycles. The highest BCUT2D eigenvalue weighted by Gasteiger charge is 2.14. The van der Waals surface area contributed by atoms with Gasteiger partial charge in [-0.15, -0.1) is 0 Å². The van der Waals surface area contributed by atoms with E-state index in [9.17, 15) is 8.78 Å². The minimum Gasteiger partial charge on any atom is -0.451 e. The summed E-state index contributed by atoms with van der Waals surface area (Å²) in [7, 11) is 0. The summed E-state index contributed by atoms with van der Waals surface area (Å²) in [4.78, 5) is -0.0679. The van der Waals surface area contributed by atoms with Crippen molar-refractivity contribution < 1.29 is 13.5 Å². The fraction of sp³-hybridized carbons (Fsp3) is 0.133. The maximum absolute atomic E-state index is 13.8. The van der Waals surface area contributed by atoms with Gasteiger partial charge in [-0.2, -0.15) is 0 Å². The number of benzene rings is 2. The van der Waals surface area contributed by atoms with Gasteiger partial charge in [0.05, 0.1) is 0 Å². The van der Waals surface area contributed by atoms with Crippen molar-refractivity contribution in [3.05, 3.63) is 59.2 Å². The molecule has 0 radical (unpaired) electrons. The maximum atomic E-state index is 13.8. The predicted octanol–water partition coefficient (Wildman–Crippen LogP) is 3.95. The zero-order valence-corrected chi connectivity index (χ0v) is 11.6. The highest BCUT2D eigenvalue weighted by molar-refractivity contribution is 7.80. The highest BCUT2D eigenvalue weighted by Crippen LogP contribution is 2.28. The summed E-state index contributed by atoms with van der Waals surface area (Å²) in [6, 6.07) is 9.13. The van der Waals surface area contributed by atoms with Crippen LogP contribution in [0.3, 0.4) is 0 Å². The van der Waals surface area contributed by atoms with Crippen LogP contribution in [0.2, 0.25) is 0 Å². The molecular weight excluding hydrogens is 280 g/mol. The Morgan fingerprint density at radius 2 is 1.70 bits per heavy atom. The van der Waals surface area contributed by atoms with Gasteiger partial charge in [-0.3, -0.25) is 0 Å². The van der Waals surface area contributed by atoms with Crippen LogP contribution in [0.25, 0.3) is 0 Å². The Kier molecular flexibility index (Phi) is 4.29. The summed E-state index contributed by atoms with van der Waals surface area (Å²) in [5.41, 5.74) is 6.58. The van der Waals surface area contributed by atoms with E-state index in [1.165, 1.54) is 0 Å². The minimum atomic E-state index is -0.840. The maximum Gasteiger partial charge on any atom is 0.198 e. The molecule has 0 atom stereocenters. The molecule has 0 saturated carbocycles.